The van der Waals surface area contributed by atoms with Crippen LogP contribution in [0.1, 0.15) is 30.4 Å². The molecule has 0 bridgehead atoms. The van der Waals surface area contributed by atoms with Crippen LogP contribution in [0.5, 0.6) is 5.75 Å². The summed E-state index contributed by atoms with van der Waals surface area (Å²) in [7, 11) is 3.47. The number of fused-ring (bicyclic) bond motifs is 1. The minimum Gasteiger partial charge on any atom is -0.496 e. The number of anilines is 1. The Labute approximate surface area is 164 Å². The van der Waals surface area contributed by atoms with Crippen molar-refractivity contribution in [1.82, 2.24) is 14.5 Å². The smallest absolute Gasteiger partial charge is 0.255 e. The molecule has 0 unspecified atom stereocenters. The minimum atomic E-state index is -0.0881. The fourth-order valence-electron chi connectivity index (χ4n) is 3.94. The molecule has 2 atom stereocenters. The van der Waals surface area contributed by atoms with Crippen LogP contribution in [-0.4, -0.2) is 27.7 Å². The first-order chi connectivity index (χ1) is 13.6. The number of pyridine rings is 1. The molecule has 28 heavy (non-hydrogen) atoms. The van der Waals surface area contributed by atoms with Crippen molar-refractivity contribution in [3.8, 4) is 17.0 Å². The maximum atomic E-state index is 12.5. The highest BCUT2D eigenvalue weighted by atomic mass is 16.5. The van der Waals surface area contributed by atoms with E-state index in [2.05, 4.69) is 23.3 Å². The van der Waals surface area contributed by atoms with Crippen LogP contribution in [0.15, 0.2) is 53.6 Å². The first-order valence-electron chi connectivity index (χ1n) is 9.49. The summed E-state index contributed by atoms with van der Waals surface area (Å²) in [5.41, 5.74) is 4.01. The molecule has 2 aromatic heterocycles. The van der Waals surface area contributed by atoms with Crippen molar-refractivity contribution >= 4 is 5.95 Å². The molecule has 1 aliphatic rings. The van der Waals surface area contributed by atoms with Crippen LogP contribution < -0.4 is 15.6 Å². The van der Waals surface area contributed by atoms with Gasteiger partial charge in [-0.05, 0) is 42.2 Å². The van der Waals surface area contributed by atoms with Crippen molar-refractivity contribution in [2.24, 2.45) is 7.05 Å². The second-order valence-electron chi connectivity index (χ2n) is 7.20. The number of nitrogens with zero attached hydrogens (tertiary/aromatic N) is 3. The molecule has 144 valence electrons. The van der Waals surface area contributed by atoms with Gasteiger partial charge in [-0.2, -0.15) is 0 Å². The third kappa shape index (κ3) is 3.26. The van der Waals surface area contributed by atoms with E-state index in [9.17, 15) is 4.79 Å². The van der Waals surface area contributed by atoms with Gasteiger partial charge in [-0.3, -0.25) is 14.3 Å². The van der Waals surface area contributed by atoms with Gasteiger partial charge in [-0.15, -0.1) is 0 Å². The quantitative estimate of drug-likeness (QED) is 0.756. The van der Waals surface area contributed by atoms with E-state index in [-0.39, 0.29) is 17.5 Å². The predicted molar refractivity (Wildman–Crippen MR) is 110 cm³/mol. The van der Waals surface area contributed by atoms with Crippen LogP contribution in [0.25, 0.3) is 11.3 Å². The van der Waals surface area contributed by atoms with Gasteiger partial charge in [0.2, 0.25) is 5.95 Å². The lowest BCUT2D eigenvalue weighted by Crippen LogP contribution is -2.34. The molecule has 6 heteroatoms. The second-order valence-corrected chi connectivity index (χ2v) is 7.20. The third-order valence-electron chi connectivity index (χ3n) is 5.61. The Hall–Kier alpha value is -3.15. The molecule has 6 nitrogen and oxygen atoms in total. The summed E-state index contributed by atoms with van der Waals surface area (Å²) >= 11 is 0. The Morgan fingerprint density at radius 2 is 2.00 bits per heavy atom. The molecule has 0 fully saturated rings. The molecule has 0 amide bonds. The fourth-order valence-corrected chi connectivity index (χ4v) is 3.94. The van der Waals surface area contributed by atoms with Gasteiger partial charge >= 0.3 is 0 Å². The van der Waals surface area contributed by atoms with Crippen LogP contribution in [-0.2, 0) is 13.5 Å². The molecule has 1 aromatic carbocycles. The van der Waals surface area contributed by atoms with Gasteiger partial charge in [0.25, 0.3) is 5.56 Å². The topological polar surface area (TPSA) is 69.0 Å². The van der Waals surface area contributed by atoms with Gasteiger partial charge < -0.3 is 10.1 Å². The number of methoxy groups -OCH3 is 1. The van der Waals surface area contributed by atoms with Crippen LogP contribution in [0.2, 0.25) is 0 Å². The Bertz CT molecular complexity index is 1050. The molecule has 0 saturated carbocycles. The molecular formula is C22H24N4O2. The monoisotopic (exact) mass is 376 g/mol. The summed E-state index contributed by atoms with van der Waals surface area (Å²) < 4.78 is 7.10. The SMILES string of the molecule is COc1cccc2c1CC[C@@H](Nc1nc(-c3ccncc3)cc(=O)n1C)[C@H]2C. The van der Waals surface area contributed by atoms with E-state index in [1.54, 1.807) is 37.2 Å². The number of nitrogens with one attached hydrogen (secondary N) is 1. The fraction of sp³-hybridized carbons (Fsp3) is 0.318. The zero-order chi connectivity index (χ0) is 19.7. The van der Waals surface area contributed by atoms with E-state index in [0.29, 0.717) is 11.6 Å². The minimum absolute atomic E-state index is 0.0881. The molecule has 3 aromatic rings. The average Bonchev–Trinajstić information content (AvgIpc) is 2.73. The second kappa shape index (κ2) is 7.46. The highest BCUT2D eigenvalue weighted by Crippen LogP contribution is 2.37. The Morgan fingerprint density at radius 3 is 2.75 bits per heavy atom. The molecule has 4 rings (SSSR count). The number of rotatable bonds is 4. The lowest BCUT2D eigenvalue weighted by atomic mass is 9.80. The number of hydrogen-bond acceptors (Lipinski definition) is 5. The molecule has 0 saturated heterocycles. The van der Waals surface area contributed by atoms with Crippen molar-refractivity contribution in [2.75, 3.05) is 12.4 Å². The van der Waals surface area contributed by atoms with Crippen molar-refractivity contribution in [1.29, 1.82) is 0 Å². The number of benzene rings is 1. The summed E-state index contributed by atoms with van der Waals surface area (Å²) in [4.78, 5) is 21.2. The summed E-state index contributed by atoms with van der Waals surface area (Å²) in [5, 5.41) is 3.52. The first-order valence-corrected chi connectivity index (χ1v) is 9.49. The van der Waals surface area contributed by atoms with Crippen LogP contribution >= 0.6 is 0 Å². The summed E-state index contributed by atoms with van der Waals surface area (Å²) in [6.07, 6.45) is 5.29. The number of ether oxygens (including phenoxy) is 1. The Morgan fingerprint density at radius 1 is 1.21 bits per heavy atom. The first kappa shape index (κ1) is 18.2. The van der Waals surface area contributed by atoms with Gasteiger partial charge in [0.15, 0.2) is 0 Å². The van der Waals surface area contributed by atoms with E-state index in [1.165, 1.54) is 11.1 Å². The van der Waals surface area contributed by atoms with E-state index in [4.69, 9.17) is 9.72 Å². The maximum absolute atomic E-state index is 12.5. The molecule has 0 spiro atoms. The standard InChI is InChI=1S/C22H24N4O2/c1-14-16-5-4-6-20(28-3)17(16)7-8-18(14)24-22-25-19(13-21(27)26(22)2)15-9-11-23-12-10-15/h4-6,9-14,18H,7-8H2,1-3H3,(H,24,25)/t14-,18+/m0/s1. The van der Waals surface area contributed by atoms with Crippen LogP contribution in [0.3, 0.4) is 0 Å². The van der Waals surface area contributed by atoms with Crippen LogP contribution in [0, 0.1) is 0 Å². The summed E-state index contributed by atoms with van der Waals surface area (Å²) in [5.74, 6) is 1.82. The number of aromatic nitrogens is 3. The highest BCUT2D eigenvalue weighted by molar-refractivity contribution is 5.59. The van der Waals surface area contributed by atoms with Crippen molar-refractivity contribution in [3.63, 3.8) is 0 Å². The summed E-state index contributed by atoms with van der Waals surface area (Å²) in [6, 6.07) is 11.7. The van der Waals surface area contributed by atoms with E-state index < -0.39 is 0 Å². The van der Waals surface area contributed by atoms with Gasteiger partial charge in [0, 0.05) is 43.0 Å². The lowest BCUT2D eigenvalue weighted by molar-refractivity contribution is 0.401. The summed E-state index contributed by atoms with van der Waals surface area (Å²) in [6.45, 7) is 2.21. The maximum Gasteiger partial charge on any atom is 0.255 e. The number of hydrogen-bond donors (Lipinski definition) is 1. The lowest BCUT2D eigenvalue weighted by Gasteiger charge is -2.33. The van der Waals surface area contributed by atoms with Crippen LogP contribution in [0.4, 0.5) is 5.95 Å². The largest absolute Gasteiger partial charge is 0.496 e. The molecule has 1 N–H and O–H groups in total. The van der Waals surface area contributed by atoms with Gasteiger partial charge in [0.1, 0.15) is 5.75 Å². The van der Waals surface area contributed by atoms with Crippen molar-refractivity contribution in [2.45, 2.75) is 31.7 Å². The molecule has 0 aliphatic heterocycles. The third-order valence-corrected chi connectivity index (χ3v) is 5.61. The van der Waals surface area contributed by atoms with Gasteiger partial charge in [0.05, 0.1) is 12.8 Å². The average molecular weight is 376 g/mol. The predicted octanol–water partition coefficient (Wildman–Crippen LogP) is 3.38. The van der Waals surface area contributed by atoms with Crippen molar-refractivity contribution in [3.05, 3.63) is 70.3 Å². The van der Waals surface area contributed by atoms with E-state index >= 15 is 0 Å². The van der Waals surface area contributed by atoms with E-state index in [1.807, 2.05) is 24.3 Å². The Balaban J connectivity index is 1.66. The zero-order valence-electron chi connectivity index (χ0n) is 16.3. The Kier molecular flexibility index (Phi) is 4.86. The van der Waals surface area contributed by atoms with E-state index in [0.717, 1.165) is 24.2 Å². The zero-order valence-corrected chi connectivity index (χ0v) is 16.3. The molecule has 2 heterocycles. The van der Waals surface area contributed by atoms with Gasteiger partial charge in [-0.25, -0.2) is 4.98 Å². The normalized spacial score (nSPS) is 18.4. The highest BCUT2D eigenvalue weighted by Gasteiger charge is 2.28. The molecule has 1 aliphatic carbocycles. The van der Waals surface area contributed by atoms with Gasteiger partial charge in [-0.1, -0.05) is 19.1 Å². The van der Waals surface area contributed by atoms with Crippen molar-refractivity contribution < 1.29 is 4.74 Å². The molecule has 0 radical (unpaired) electrons. The molecular weight excluding hydrogens is 352 g/mol.